The lowest BCUT2D eigenvalue weighted by Gasteiger charge is -2.30. The summed E-state index contributed by atoms with van der Waals surface area (Å²) in [4.78, 5) is 27.1. The second-order valence-electron chi connectivity index (χ2n) is 6.61. The third-order valence-corrected chi connectivity index (χ3v) is 4.63. The maximum atomic E-state index is 13.0. The molecule has 2 aromatic carbocycles. The maximum absolute atomic E-state index is 13.0. The fourth-order valence-electron chi connectivity index (χ4n) is 3.04. The van der Waals surface area contributed by atoms with E-state index in [2.05, 4.69) is 12.2 Å². The topological polar surface area (TPSA) is 58.6 Å². The summed E-state index contributed by atoms with van der Waals surface area (Å²) in [6.45, 7) is 6.67. The van der Waals surface area contributed by atoms with Gasteiger partial charge in [0.1, 0.15) is 11.8 Å². The zero-order chi connectivity index (χ0) is 20.4. The van der Waals surface area contributed by atoms with Crippen molar-refractivity contribution in [1.29, 1.82) is 0 Å². The Kier molecular flexibility index (Phi) is 8.53. The number of hydrogen-bond donors (Lipinski definition) is 1. The number of carbonyl (C=O) groups is 2. The largest absolute Gasteiger partial charge is 0.484 e. The number of aryl methyl sites for hydroxylation is 1. The van der Waals surface area contributed by atoms with E-state index in [1.54, 1.807) is 4.90 Å². The van der Waals surface area contributed by atoms with E-state index in [0.717, 1.165) is 12.0 Å². The van der Waals surface area contributed by atoms with Gasteiger partial charge in [0.2, 0.25) is 5.91 Å². The summed E-state index contributed by atoms with van der Waals surface area (Å²) in [7, 11) is 0. The van der Waals surface area contributed by atoms with Crippen molar-refractivity contribution in [3.05, 3.63) is 65.7 Å². The minimum absolute atomic E-state index is 0.103. The monoisotopic (exact) mass is 382 g/mol. The Labute approximate surface area is 167 Å². The molecule has 2 rings (SSSR count). The standard InChI is InChI=1S/C23H30N2O3/c1-4-18-12-14-20(15-13-18)28-17-22(26)25(16-19-10-8-7-9-11-19)21(5-2)23(27)24-6-3/h7-15,21H,4-6,16-17H2,1-3H3,(H,24,27)/t21-/m1/s1. The number of carbonyl (C=O) groups excluding carboxylic acids is 2. The smallest absolute Gasteiger partial charge is 0.261 e. The second-order valence-corrected chi connectivity index (χ2v) is 6.61. The third kappa shape index (κ3) is 6.12. The summed E-state index contributed by atoms with van der Waals surface area (Å²) in [6, 6.07) is 16.9. The highest BCUT2D eigenvalue weighted by molar-refractivity contribution is 5.88. The number of benzene rings is 2. The highest BCUT2D eigenvalue weighted by Gasteiger charge is 2.28. The van der Waals surface area contributed by atoms with Crippen LogP contribution in [0.25, 0.3) is 0 Å². The minimum Gasteiger partial charge on any atom is -0.484 e. The van der Waals surface area contributed by atoms with E-state index < -0.39 is 6.04 Å². The van der Waals surface area contributed by atoms with Crippen molar-refractivity contribution in [1.82, 2.24) is 10.2 Å². The first-order chi connectivity index (χ1) is 13.6. The Bertz CT molecular complexity index is 744. The summed E-state index contributed by atoms with van der Waals surface area (Å²) in [6.07, 6.45) is 1.49. The Morgan fingerprint density at radius 2 is 1.64 bits per heavy atom. The molecule has 0 bridgehead atoms. The molecule has 150 valence electrons. The molecule has 28 heavy (non-hydrogen) atoms. The summed E-state index contributed by atoms with van der Waals surface area (Å²) in [5.74, 6) is 0.305. The van der Waals surface area contributed by atoms with Gasteiger partial charge in [-0.2, -0.15) is 0 Å². The average molecular weight is 383 g/mol. The van der Waals surface area contributed by atoms with Gasteiger partial charge in [-0.05, 0) is 43.0 Å². The summed E-state index contributed by atoms with van der Waals surface area (Å²) < 4.78 is 5.70. The first kappa shape index (κ1) is 21.5. The molecule has 0 saturated carbocycles. The van der Waals surface area contributed by atoms with Crippen LogP contribution >= 0.6 is 0 Å². The van der Waals surface area contributed by atoms with Crippen LogP contribution in [0.5, 0.6) is 5.75 Å². The van der Waals surface area contributed by atoms with Gasteiger partial charge in [0.25, 0.3) is 5.91 Å². The molecular formula is C23H30N2O3. The highest BCUT2D eigenvalue weighted by Crippen LogP contribution is 2.15. The number of hydrogen-bond acceptors (Lipinski definition) is 3. The first-order valence-corrected chi connectivity index (χ1v) is 9.91. The molecule has 0 aliphatic rings. The van der Waals surface area contributed by atoms with Crippen LogP contribution in [0, 0.1) is 0 Å². The van der Waals surface area contributed by atoms with E-state index >= 15 is 0 Å². The number of likely N-dealkylation sites (N-methyl/N-ethyl adjacent to an activating group) is 1. The van der Waals surface area contributed by atoms with Gasteiger partial charge in [-0.3, -0.25) is 9.59 Å². The molecule has 1 atom stereocenters. The van der Waals surface area contributed by atoms with E-state index in [1.165, 1.54) is 5.56 Å². The Morgan fingerprint density at radius 3 is 2.21 bits per heavy atom. The number of ether oxygens (including phenoxy) is 1. The zero-order valence-electron chi connectivity index (χ0n) is 17.0. The van der Waals surface area contributed by atoms with Crippen molar-refractivity contribution in [2.24, 2.45) is 0 Å². The van der Waals surface area contributed by atoms with Crippen LogP contribution in [0.15, 0.2) is 54.6 Å². The molecule has 2 amide bonds. The quantitative estimate of drug-likeness (QED) is 0.683. The van der Waals surface area contributed by atoms with Crippen molar-refractivity contribution in [2.75, 3.05) is 13.2 Å². The lowest BCUT2D eigenvalue weighted by atomic mass is 10.1. The minimum atomic E-state index is -0.529. The summed E-state index contributed by atoms with van der Waals surface area (Å²) >= 11 is 0. The number of nitrogens with zero attached hydrogens (tertiary/aromatic N) is 1. The van der Waals surface area contributed by atoms with Crippen LogP contribution in [0.3, 0.4) is 0 Å². The van der Waals surface area contributed by atoms with Crippen LogP contribution in [0.2, 0.25) is 0 Å². The molecule has 2 aromatic rings. The predicted octanol–water partition coefficient (Wildman–Crippen LogP) is 3.57. The number of rotatable bonds is 10. The van der Waals surface area contributed by atoms with Crippen molar-refractivity contribution in [3.63, 3.8) is 0 Å². The van der Waals surface area contributed by atoms with Crippen molar-refractivity contribution in [2.45, 2.75) is 46.2 Å². The van der Waals surface area contributed by atoms with E-state index in [1.807, 2.05) is 68.4 Å². The predicted molar refractivity (Wildman–Crippen MR) is 111 cm³/mol. The van der Waals surface area contributed by atoms with Crippen LogP contribution in [0.1, 0.15) is 38.3 Å². The first-order valence-electron chi connectivity index (χ1n) is 9.91. The molecule has 0 saturated heterocycles. The maximum Gasteiger partial charge on any atom is 0.261 e. The van der Waals surface area contributed by atoms with Crippen LogP contribution in [0.4, 0.5) is 0 Å². The van der Waals surface area contributed by atoms with E-state index in [0.29, 0.717) is 25.3 Å². The zero-order valence-corrected chi connectivity index (χ0v) is 17.0. The van der Waals surface area contributed by atoms with E-state index in [9.17, 15) is 9.59 Å². The van der Waals surface area contributed by atoms with Gasteiger partial charge >= 0.3 is 0 Å². The van der Waals surface area contributed by atoms with E-state index in [4.69, 9.17) is 4.74 Å². The second kappa shape index (κ2) is 11.1. The summed E-state index contributed by atoms with van der Waals surface area (Å²) in [5.41, 5.74) is 2.19. The van der Waals surface area contributed by atoms with Gasteiger partial charge in [0.15, 0.2) is 6.61 Å². The average Bonchev–Trinajstić information content (AvgIpc) is 2.73. The van der Waals surface area contributed by atoms with Gasteiger partial charge in [-0.1, -0.05) is 56.3 Å². The summed E-state index contributed by atoms with van der Waals surface area (Å²) in [5, 5.41) is 2.83. The fraction of sp³-hybridized carbons (Fsp3) is 0.391. The van der Waals surface area contributed by atoms with Gasteiger partial charge in [0, 0.05) is 13.1 Å². The highest BCUT2D eigenvalue weighted by atomic mass is 16.5. The molecule has 1 N–H and O–H groups in total. The van der Waals surface area contributed by atoms with Crippen LogP contribution in [-0.4, -0.2) is 35.9 Å². The Hall–Kier alpha value is -2.82. The van der Waals surface area contributed by atoms with E-state index in [-0.39, 0.29) is 18.4 Å². The molecule has 0 aliphatic heterocycles. The van der Waals surface area contributed by atoms with Crippen molar-refractivity contribution < 1.29 is 14.3 Å². The lowest BCUT2D eigenvalue weighted by Crippen LogP contribution is -2.50. The molecule has 0 unspecified atom stereocenters. The molecule has 0 heterocycles. The Morgan fingerprint density at radius 1 is 0.964 bits per heavy atom. The molecule has 0 radical (unpaired) electrons. The van der Waals surface area contributed by atoms with Gasteiger partial charge < -0.3 is 15.0 Å². The lowest BCUT2D eigenvalue weighted by molar-refractivity contribution is -0.142. The van der Waals surface area contributed by atoms with Crippen molar-refractivity contribution in [3.8, 4) is 5.75 Å². The van der Waals surface area contributed by atoms with Gasteiger partial charge in [-0.15, -0.1) is 0 Å². The normalized spacial score (nSPS) is 11.5. The van der Waals surface area contributed by atoms with Crippen LogP contribution < -0.4 is 10.1 Å². The van der Waals surface area contributed by atoms with Crippen molar-refractivity contribution >= 4 is 11.8 Å². The Balaban J connectivity index is 2.13. The van der Waals surface area contributed by atoms with Gasteiger partial charge in [-0.25, -0.2) is 0 Å². The molecule has 0 fully saturated rings. The molecule has 0 spiro atoms. The fourth-order valence-corrected chi connectivity index (χ4v) is 3.04. The number of amides is 2. The van der Waals surface area contributed by atoms with Gasteiger partial charge in [0.05, 0.1) is 0 Å². The SMILES string of the molecule is CCNC(=O)[C@@H](CC)N(Cc1ccccc1)C(=O)COc1ccc(CC)cc1. The molecule has 0 aliphatic carbocycles. The molecule has 5 nitrogen and oxygen atoms in total. The molecule has 5 heteroatoms. The number of nitrogens with one attached hydrogen (secondary N) is 1. The third-order valence-electron chi connectivity index (χ3n) is 4.63. The van der Waals surface area contributed by atoms with Crippen LogP contribution in [-0.2, 0) is 22.6 Å². The molecule has 0 aromatic heterocycles. The molecular weight excluding hydrogens is 352 g/mol.